The van der Waals surface area contributed by atoms with E-state index in [1.54, 1.807) is 30.3 Å². The Morgan fingerprint density at radius 1 is 1.26 bits per heavy atom. The summed E-state index contributed by atoms with van der Waals surface area (Å²) in [6, 6.07) is 11.5. The van der Waals surface area contributed by atoms with Crippen molar-refractivity contribution in [2.24, 2.45) is 0 Å². The molecule has 0 fully saturated rings. The first-order valence-electron chi connectivity index (χ1n) is 6.54. The van der Waals surface area contributed by atoms with Gasteiger partial charge in [0.1, 0.15) is 0 Å². The molecule has 6 nitrogen and oxygen atoms in total. The molecule has 1 aliphatic heterocycles. The van der Waals surface area contributed by atoms with E-state index in [9.17, 15) is 15.4 Å². The molecule has 0 N–H and O–H groups in total. The molecule has 114 valence electrons. The van der Waals surface area contributed by atoms with Crippen LogP contribution in [0.2, 0.25) is 0 Å². The number of non-ortho nitro benzene ring substituents is 1. The van der Waals surface area contributed by atoms with Crippen LogP contribution in [0.1, 0.15) is 11.1 Å². The molecule has 23 heavy (non-hydrogen) atoms. The van der Waals surface area contributed by atoms with Crippen LogP contribution in [0.4, 0.5) is 5.69 Å². The second kappa shape index (κ2) is 6.10. The Bertz CT molecular complexity index is 854. The number of fused-ring (bicyclic) bond motifs is 1. The average molecular weight is 373 g/mol. The Hall–Kier alpha value is -2.85. The highest BCUT2D eigenvalue weighted by atomic mass is 79.9. The molecule has 0 saturated carbocycles. The monoisotopic (exact) mass is 372 g/mol. The summed E-state index contributed by atoms with van der Waals surface area (Å²) < 4.78 is 11.4. The summed E-state index contributed by atoms with van der Waals surface area (Å²) in [6.45, 7) is 0.169. The number of rotatable bonds is 3. The number of nitro benzene ring substituents is 1. The summed E-state index contributed by atoms with van der Waals surface area (Å²) in [5.41, 5.74) is 1.72. The molecule has 2 aromatic rings. The van der Waals surface area contributed by atoms with Crippen LogP contribution in [-0.4, -0.2) is 11.7 Å². The molecular formula is C16H9BrN2O4. The lowest BCUT2D eigenvalue weighted by atomic mass is 10.0. The zero-order valence-corrected chi connectivity index (χ0v) is 13.2. The molecule has 0 spiro atoms. The van der Waals surface area contributed by atoms with E-state index in [4.69, 9.17) is 9.47 Å². The van der Waals surface area contributed by atoms with Crippen molar-refractivity contribution in [3.8, 4) is 17.6 Å². The molecule has 3 rings (SSSR count). The second-order valence-corrected chi connectivity index (χ2v) is 5.56. The van der Waals surface area contributed by atoms with Gasteiger partial charge < -0.3 is 9.47 Å². The lowest BCUT2D eigenvalue weighted by molar-refractivity contribution is -0.384. The Morgan fingerprint density at radius 2 is 1.91 bits per heavy atom. The van der Waals surface area contributed by atoms with Crippen molar-refractivity contribution >= 4 is 33.3 Å². The molecule has 0 aliphatic carbocycles. The lowest BCUT2D eigenvalue weighted by Crippen LogP contribution is -1.92. The molecule has 7 heteroatoms. The fraction of sp³-hybridized carbons (Fsp3) is 0.0625. The lowest BCUT2D eigenvalue weighted by Gasteiger charge is -2.04. The zero-order valence-electron chi connectivity index (χ0n) is 11.7. The van der Waals surface area contributed by atoms with Crippen molar-refractivity contribution in [1.29, 1.82) is 5.26 Å². The maximum Gasteiger partial charge on any atom is 0.269 e. The number of nitro groups is 1. The Balaban J connectivity index is 1.99. The normalized spacial score (nSPS) is 12.8. The van der Waals surface area contributed by atoms with Gasteiger partial charge in [-0.2, -0.15) is 5.26 Å². The van der Waals surface area contributed by atoms with E-state index in [2.05, 4.69) is 22.0 Å². The van der Waals surface area contributed by atoms with Crippen molar-refractivity contribution in [3.05, 3.63) is 62.1 Å². The molecule has 0 bridgehead atoms. The van der Waals surface area contributed by atoms with Gasteiger partial charge in [0.05, 0.1) is 16.6 Å². The highest BCUT2D eigenvalue weighted by Gasteiger charge is 2.16. The molecule has 1 heterocycles. The van der Waals surface area contributed by atoms with Crippen LogP contribution >= 0.6 is 15.9 Å². The van der Waals surface area contributed by atoms with Gasteiger partial charge in [-0.05, 0) is 41.5 Å². The Kier molecular flexibility index (Phi) is 4.00. The number of nitrogens with zero attached hydrogens (tertiary/aromatic N) is 2. The van der Waals surface area contributed by atoms with Crippen LogP contribution in [0.5, 0.6) is 11.5 Å². The average Bonchev–Trinajstić information content (AvgIpc) is 2.99. The summed E-state index contributed by atoms with van der Waals surface area (Å²) in [5, 5.41) is 20.1. The highest BCUT2D eigenvalue weighted by molar-refractivity contribution is 9.10. The summed E-state index contributed by atoms with van der Waals surface area (Å²) in [6.07, 6.45) is 1.69. The van der Waals surface area contributed by atoms with E-state index in [1.165, 1.54) is 12.1 Å². The van der Waals surface area contributed by atoms with Crippen molar-refractivity contribution in [2.75, 3.05) is 6.79 Å². The summed E-state index contributed by atoms with van der Waals surface area (Å²) in [5.74, 6) is 1.25. The smallest absolute Gasteiger partial charge is 0.269 e. The molecule has 0 amide bonds. The third-order valence-electron chi connectivity index (χ3n) is 3.30. The molecular weight excluding hydrogens is 364 g/mol. The van der Waals surface area contributed by atoms with E-state index in [-0.39, 0.29) is 12.5 Å². The predicted molar refractivity (Wildman–Crippen MR) is 86.8 cm³/mol. The first kappa shape index (κ1) is 15.1. The van der Waals surface area contributed by atoms with Crippen LogP contribution in [0.25, 0.3) is 11.6 Å². The largest absolute Gasteiger partial charge is 0.454 e. The van der Waals surface area contributed by atoms with Gasteiger partial charge in [0, 0.05) is 16.6 Å². The number of ether oxygens (including phenoxy) is 2. The van der Waals surface area contributed by atoms with E-state index in [0.29, 0.717) is 22.6 Å². The standard InChI is InChI=1S/C16H9BrN2O4/c17-14-7-16-15(22-9-23-16)6-11(14)5-12(8-18)10-1-3-13(4-2-10)19(20)21/h1-7H,9H2. The second-order valence-electron chi connectivity index (χ2n) is 4.70. The van der Waals surface area contributed by atoms with E-state index >= 15 is 0 Å². The van der Waals surface area contributed by atoms with Gasteiger partial charge >= 0.3 is 0 Å². The number of hydrogen-bond acceptors (Lipinski definition) is 5. The van der Waals surface area contributed by atoms with Gasteiger partial charge in [0.2, 0.25) is 6.79 Å². The number of benzene rings is 2. The van der Waals surface area contributed by atoms with Gasteiger partial charge in [-0.25, -0.2) is 0 Å². The van der Waals surface area contributed by atoms with E-state index in [1.807, 2.05) is 0 Å². The highest BCUT2D eigenvalue weighted by Crippen LogP contribution is 2.38. The molecule has 0 radical (unpaired) electrons. The van der Waals surface area contributed by atoms with Crippen LogP contribution in [0.15, 0.2) is 40.9 Å². The first-order chi connectivity index (χ1) is 11.1. The van der Waals surface area contributed by atoms with Crippen molar-refractivity contribution < 1.29 is 14.4 Å². The van der Waals surface area contributed by atoms with E-state index in [0.717, 1.165) is 10.0 Å². The zero-order chi connectivity index (χ0) is 16.4. The predicted octanol–water partition coefficient (Wildman–Crippen LogP) is 4.15. The van der Waals surface area contributed by atoms with Gasteiger partial charge in [0.25, 0.3) is 5.69 Å². The minimum atomic E-state index is -0.478. The third-order valence-corrected chi connectivity index (χ3v) is 3.99. The van der Waals surface area contributed by atoms with Gasteiger partial charge in [-0.1, -0.05) is 15.9 Å². The number of allylic oxidation sites excluding steroid dienone is 1. The molecule has 0 atom stereocenters. The third kappa shape index (κ3) is 3.03. The van der Waals surface area contributed by atoms with Gasteiger partial charge in [-0.3, -0.25) is 10.1 Å². The van der Waals surface area contributed by atoms with Crippen LogP contribution < -0.4 is 9.47 Å². The Labute approximate surface area is 139 Å². The maximum atomic E-state index is 10.7. The first-order valence-corrected chi connectivity index (χ1v) is 7.33. The molecule has 2 aromatic carbocycles. The fourth-order valence-corrected chi connectivity index (χ4v) is 2.58. The van der Waals surface area contributed by atoms with Gasteiger partial charge in [-0.15, -0.1) is 0 Å². The molecule has 0 saturated heterocycles. The molecule has 1 aliphatic rings. The van der Waals surface area contributed by atoms with Gasteiger partial charge in [0.15, 0.2) is 11.5 Å². The maximum absolute atomic E-state index is 10.7. The van der Waals surface area contributed by atoms with Crippen LogP contribution in [0.3, 0.4) is 0 Å². The quantitative estimate of drug-likeness (QED) is 0.349. The van der Waals surface area contributed by atoms with Crippen LogP contribution in [0, 0.1) is 21.4 Å². The summed E-state index contributed by atoms with van der Waals surface area (Å²) in [7, 11) is 0. The molecule has 0 aromatic heterocycles. The summed E-state index contributed by atoms with van der Waals surface area (Å²) in [4.78, 5) is 10.2. The van der Waals surface area contributed by atoms with Crippen molar-refractivity contribution in [3.63, 3.8) is 0 Å². The van der Waals surface area contributed by atoms with E-state index < -0.39 is 4.92 Å². The summed E-state index contributed by atoms with van der Waals surface area (Å²) >= 11 is 3.43. The Morgan fingerprint density at radius 3 is 2.52 bits per heavy atom. The topological polar surface area (TPSA) is 85.4 Å². The van der Waals surface area contributed by atoms with Crippen molar-refractivity contribution in [2.45, 2.75) is 0 Å². The SMILES string of the molecule is N#CC(=Cc1cc2c(cc1Br)OCO2)c1ccc([N+](=O)[O-])cc1. The van der Waals surface area contributed by atoms with Crippen molar-refractivity contribution in [1.82, 2.24) is 0 Å². The van der Waals surface area contributed by atoms with Crippen LogP contribution in [-0.2, 0) is 0 Å². The number of nitriles is 1. The minimum absolute atomic E-state index is 0.0182. The minimum Gasteiger partial charge on any atom is -0.454 e. The number of halogens is 1. The fourth-order valence-electron chi connectivity index (χ4n) is 2.14. The molecule has 0 unspecified atom stereocenters. The number of hydrogen-bond donors (Lipinski definition) is 0.